The molecular weight excluding hydrogens is 252 g/mol. The number of methoxy groups -OCH3 is 1. The van der Waals surface area contributed by atoms with Crippen molar-refractivity contribution in [3.05, 3.63) is 4.88 Å². The summed E-state index contributed by atoms with van der Waals surface area (Å²) >= 11 is 1.55. The van der Waals surface area contributed by atoms with Gasteiger partial charge in [-0.2, -0.15) is 4.98 Å². The van der Waals surface area contributed by atoms with Gasteiger partial charge in [-0.3, -0.25) is 4.79 Å². The van der Waals surface area contributed by atoms with E-state index in [-0.39, 0.29) is 5.91 Å². The summed E-state index contributed by atoms with van der Waals surface area (Å²) in [6.07, 6.45) is 0. The van der Waals surface area contributed by atoms with Crippen molar-refractivity contribution in [1.29, 1.82) is 0 Å². The third kappa shape index (κ3) is 4.15. The van der Waals surface area contributed by atoms with Crippen LogP contribution in [0.25, 0.3) is 0 Å². The molecule has 0 saturated carbocycles. The van der Waals surface area contributed by atoms with E-state index in [1.165, 1.54) is 0 Å². The van der Waals surface area contributed by atoms with Crippen LogP contribution in [0.15, 0.2) is 0 Å². The van der Waals surface area contributed by atoms with E-state index in [0.717, 1.165) is 10.0 Å². The molecule has 0 spiro atoms. The third-order valence-corrected chi connectivity index (χ3v) is 3.38. The Kier molecular flexibility index (Phi) is 5.87. The molecule has 1 rings (SSSR count). The minimum atomic E-state index is -0.00573. The van der Waals surface area contributed by atoms with E-state index in [2.05, 4.69) is 15.6 Å². The van der Waals surface area contributed by atoms with Crippen LogP contribution in [-0.4, -0.2) is 45.2 Å². The number of carbonyl (C=O) groups is 1. The van der Waals surface area contributed by atoms with Crippen molar-refractivity contribution >= 4 is 22.4 Å². The van der Waals surface area contributed by atoms with Crippen LogP contribution in [-0.2, 0) is 11.3 Å². The van der Waals surface area contributed by atoms with E-state index >= 15 is 0 Å². The zero-order valence-electron chi connectivity index (χ0n) is 11.2. The number of amides is 1. The maximum Gasteiger partial charge on any atom is 0.233 e. The van der Waals surface area contributed by atoms with Gasteiger partial charge in [0.05, 0.1) is 18.5 Å². The first-order chi connectivity index (χ1) is 8.58. The second-order valence-electron chi connectivity index (χ2n) is 3.88. The first kappa shape index (κ1) is 14.7. The average Bonchev–Trinajstić information content (AvgIpc) is 2.73. The van der Waals surface area contributed by atoms with Crippen LogP contribution in [0.2, 0.25) is 0 Å². The molecule has 1 aromatic heterocycles. The molecule has 0 aliphatic rings. The molecule has 1 amide bonds. The van der Waals surface area contributed by atoms with Crippen molar-refractivity contribution in [3.8, 4) is 5.88 Å². The average molecular weight is 272 g/mol. The number of ether oxygens (including phenoxy) is 1. The lowest BCUT2D eigenvalue weighted by atomic mass is 10.4. The number of nitrogens with one attached hydrogen (secondary N) is 2. The first-order valence-corrected chi connectivity index (χ1v) is 6.58. The van der Waals surface area contributed by atoms with Crippen molar-refractivity contribution in [2.24, 2.45) is 0 Å². The van der Waals surface area contributed by atoms with Gasteiger partial charge in [0.2, 0.25) is 11.8 Å². The number of nitrogens with zero attached hydrogens (tertiary/aromatic N) is 2. The topological polar surface area (TPSA) is 66.5 Å². The molecule has 0 aliphatic carbocycles. The Bertz CT molecular complexity index is 392. The van der Waals surface area contributed by atoms with Crippen LogP contribution in [0.1, 0.15) is 11.8 Å². The van der Waals surface area contributed by atoms with Crippen molar-refractivity contribution in [2.45, 2.75) is 13.5 Å². The molecule has 0 aliphatic heterocycles. The molecule has 102 valence electrons. The summed E-state index contributed by atoms with van der Waals surface area (Å²) in [5.41, 5.74) is 0. The summed E-state index contributed by atoms with van der Waals surface area (Å²) < 4.78 is 5.21. The second-order valence-corrected chi connectivity index (χ2v) is 4.94. The summed E-state index contributed by atoms with van der Waals surface area (Å²) in [6, 6.07) is 0. The molecule has 18 heavy (non-hydrogen) atoms. The molecule has 0 unspecified atom stereocenters. The van der Waals surface area contributed by atoms with E-state index in [9.17, 15) is 4.79 Å². The number of hydrogen-bond acceptors (Lipinski definition) is 6. The number of thiazole rings is 1. The lowest BCUT2D eigenvalue weighted by Gasteiger charge is -2.05. The number of hydrogen-bond donors (Lipinski definition) is 2. The predicted molar refractivity (Wildman–Crippen MR) is 73.4 cm³/mol. The molecule has 0 radical (unpaired) electrons. The van der Waals surface area contributed by atoms with Crippen LogP contribution in [0.5, 0.6) is 5.88 Å². The van der Waals surface area contributed by atoms with E-state index < -0.39 is 0 Å². The van der Waals surface area contributed by atoms with E-state index in [1.807, 2.05) is 25.9 Å². The number of rotatable bonds is 7. The molecule has 0 aromatic carbocycles. The molecule has 0 atom stereocenters. The minimum absolute atomic E-state index is 0.00573. The van der Waals surface area contributed by atoms with Crippen molar-refractivity contribution in [1.82, 2.24) is 15.6 Å². The van der Waals surface area contributed by atoms with Crippen molar-refractivity contribution in [3.63, 3.8) is 0 Å². The highest BCUT2D eigenvalue weighted by Gasteiger charge is 2.12. The van der Waals surface area contributed by atoms with Crippen LogP contribution in [0.4, 0.5) is 5.13 Å². The molecule has 0 saturated heterocycles. The van der Waals surface area contributed by atoms with Gasteiger partial charge in [-0.05, 0) is 6.92 Å². The SMILES string of the molecule is CCNC(=O)CNCc1sc(N(C)C)nc1OC. The van der Waals surface area contributed by atoms with Gasteiger partial charge in [-0.25, -0.2) is 0 Å². The lowest BCUT2D eigenvalue weighted by molar-refractivity contribution is -0.120. The number of carbonyl (C=O) groups excluding carboxylic acids is 1. The number of anilines is 1. The standard InChI is InChI=1S/C11H20N4O2S/c1-5-13-9(16)7-12-6-8-10(17-4)14-11(18-8)15(2)3/h12H,5-7H2,1-4H3,(H,13,16). The van der Waals surface area contributed by atoms with Crippen molar-refractivity contribution < 1.29 is 9.53 Å². The molecular formula is C11H20N4O2S. The molecule has 7 heteroatoms. The summed E-state index contributed by atoms with van der Waals surface area (Å²) in [5.74, 6) is 0.612. The molecule has 6 nitrogen and oxygen atoms in total. The van der Waals surface area contributed by atoms with Gasteiger partial charge < -0.3 is 20.3 Å². The van der Waals surface area contributed by atoms with Crippen LogP contribution < -0.4 is 20.3 Å². The predicted octanol–water partition coefficient (Wildman–Crippen LogP) is 0.443. The molecule has 1 aromatic rings. The van der Waals surface area contributed by atoms with Crippen LogP contribution >= 0.6 is 11.3 Å². The Morgan fingerprint density at radius 3 is 2.78 bits per heavy atom. The van der Waals surface area contributed by atoms with Gasteiger partial charge in [0, 0.05) is 27.2 Å². The maximum atomic E-state index is 11.3. The highest BCUT2D eigenvalue weighted by Crippen LogP contribution is 2.29. The fourth-order valence-corrected chi connectivity index (χ4v) is 2.26. The third-order valence-electron chi connectivity index (χ3n) is 2.17. The van der Waals surface area contributed by atoms with Crippen LogP contribution in [0, 0.1) is 0 Å². The van der Waals surface area contributed by atoms with E-state index in [4.69, 9.17) is 4.74 Å². The summed E-state index contributed by atoms with van der Waals surface area (Å²) in [6.45, 7) is 3.42. The Morgan fingerprint density at radius 1 is 1.50 bits per heavy atom. The molecule has 2 N–H and O–H groups in total. The van der Waals surface area contributed by atoms with Crippen LogP contribution in [0.3, 0.4) is 0 Å². The zero-order valence-corrected chi connectivity index (χ0v) is 12.1. The monoisotopic (exact) mass is 272 g/mol. The number of aromatic nitrogens is 1. The number of likely N-dealkylation sites (N-methyl/N-ethyl adjacent to an activating group) is 1. The summed E-state index contributed by atoms with van der Waals surface area (Å²) in [4.78, 5) is 18.5. The smallest absolute Gasteiger partial charge is 0.233 e. The normalized spacial score (nSPS) is 10.2. The summed E-state index contributed by atoms with van der Waals surface area (Å²) in [5, 5.41) is 6.69. The minimum Gasteiger partial charge on any atom is -0.480 e. The Labute approximate surface area is 111 Å². The highest BCUT2D eigenvalue weighted by atomic mass is 32.1. The molecule has 0 bridgehead atoms. The Hall–Kier alpha value is -1.34. The Morgan fingerprint density at radius 2 is 2.22 bits per heavy atom. The lowest BCUT2D eigenvalue weighted by Crippen LogP contribution is -2.33. The zero-order chi connectivity index (χ0) is 13.5. The van der Waals surface area contributed by atoms with E-state index in [0.29, 0.717) is 25.5 Å². The van der Waals surface area contributed by atoms with Crippen molar-refractivity contribution in [2.75, 3.05) is 39.2 Å². The van der Waals surface area contributed by atoms with Gasteiger partial charge in [0.25, 0.3) is 0 Å². The second kappa shape index (κ2) is 7.17. The van der Waals surface area contributed by atoms with Gasteiger partial charge in [-0.15, -0.1) is 0 Å². The largest absolute Gasteiger partial charge is 0.480 e. The first-order valence-electron chi connectivity index (χ1n) is 5.76. The quantitative estimate of drug-likeness (QED) is 0.754. The van der Waals surface area contributed by atoms with E-state index in [1.54, 1.807) is 18.4 Å². The maximum absolute atomic E-state index is 11.3. The van der Waals surface area contributed by atoms with Gasteiger partial charge in [0.15, 0.2) is 5.13 Å². The van der Waals surface area contributed by atoms with Gasteiger partial charge in [-0.1, -0.05) is 11.3 Å². The summed E-state index contributed by atoms with van der Waals surface area (Å²) in [7, 11) is 5.47. The fourth-order valence-electron chi connectivity index (χ4n) is 1.34. The highest BCUT2D eigenvalue weighted by molar-refractivity contribution is 7.15. The Balaban J connectivity index is 2.53. The van der Waals surface area contributed by atoms with Gasteiger partial charge >= 0.3 is 0 Å². The fraction of sp³-hybridized carbons (Fsp3) is 0.636. The van der Waals surface area contributed by atoms with Gasteiger partial charge in [0.1, 0.15) is 0 Å². The molecule has 1 heterocycles. The molecule has 0 fully saturated rings.